The number of hydrogen-bond donors (Lipinski definition) is 1. The lowest BCUT2D eigenvalue weighted by Gasteiger charge is -2.13. The normalized spacial score (nSPS) is 17.9. The van der Waals surface area contributed by atoms with Gasteiger partial charge < -0.3 is 19.3 Å². The average Bonchev–Trinajstić information content (AvgIpc) is 3.06. The summed E-state index contributed by atoms with van der Waals surface area (Å²) in [5.41, 5.74) is 0.785. The van der Waals surface area contributed by atoms with Gasteiger partial charge in [0.25, 0.3) is 0 Å². The van der Waals surface area contributed by atoms with Crippen LogP contribution < -0.4 is 15.9 Å². The maximum atomic E-state index is 14.5. The van der Waals surface area contributed by atoms with Gasteiger partial charge in [0.15, 0.2) is 11.4 Å². The van der Waals surface area contributed by atoms with E-state index >= 15 is 0 Å². The molecule has 0 bridgehead atoms. The van der Waals surface area contributed by atoms with Crippen LogP contribution in [-0.4, -0.2) is 42.9 Å². The lowest BCUT2D eigenvalue weighted by atomic mass is 10.2. The minimum atomic E-state index is -0.619. The SMILES string of the molecule is CON=c1oc2cc(N3CC(CNC(C)=O)OC3=O)cc(F)c2n1C. The number of benzene rings is 1. The van der Waals surface area contributed by atoms with Crippen LogP contribution >= 0.6 is 0 Å². The Morgan fingerprint density at radius 3 is 2.96 bits per heavy atom. The molecule has 2 heterocycles. The summed E-state index contributed by atoms with van der Waals surface area (Å²) >= 11 is 0. The van der Waals surface area contributed by atoms with E-state index in [-0.39, 0.29) is 35.8 Å². The van der Waals surface area contributed by atoms with Crippen molar-refractivity contribution in [2.75, 3.05) is 25.1 Å². The number of nitrogens with zero attached hydrogens (tertiary/aromatic N) is 3. The summed E-state index contributed by atoms with van der Waals surface area (Å²) in [6, 6.07) is 2.74. The number of amides is 2. The maximum absolute atomic E-state index is 14.5. The molecule has 0 saturated carbocycles. The molecule has 2 amide bonds. The number of rotatable bonds is 4. The van der Waals surface area contributed by atoms with Crippen LogP contribution in [0.25, 0.3) is 11.1 Å². The Bertz CT molecular complexity index is 903. The molecular formula is C15H17FN4O5. The molecule has 1 unspecified atom stereocenters. The predicted octanol–water partition coefficient (Wildman–Crippen LogP) is 0.834. The number of halogens is 1. The quantitative estimate of drug-likeness (QED) is 0.822. The van der Waals surface area contributed by atoms with Crippen molar-refractivity contribution in [2.45, 2.75) is 13.0 Å². The molecule has 0 radical (unpaired) electrons. The summed E-state index contributed by atoms with van der Waals surface area (Å²) in [7, 11) is 2.93. The molecule has 25 heavy (non-hydrogen) atoms. The average molecular weight is 352 g/mol. The second-order valence-electron chi connectivity index (χ2n) is 5.55. The van der Waals surface area contributed by atoms with Crippen LogP contribution in [0, 0.1) is 5.82 Å². The van der Waals surface area contributed by atoms with Crippen molar-refractivity contribution < 1.29 is 28.0 Å². The number of carbonyl (C=O) groups is 2. The van der Waals surface area contributed by atoms with E-state index in [0.29, 0.717) is 5.69 Å². The number of fused-ring (bicyclic) bond motifs is 1. The van der Waals surface area contributed by atoms with Crippen LogP contribution in [0.2, 0.25) is 0 Å². The fourth-order valence-corrected chi connectivity index (χ4v) is 2.64. The maximum Gasteiger partial charge on any atom is 0.414 e. The third kappa shape index (κ3) is 3.14. The van der Waals surface area contributed by atoms with Gasteiger partial charge in [-0.1, -0.05) is 0 Å². The standard InChI is InChI=1S/C15H17FN4O5/c1-8(21)17-6-10-7-20(15(22)24-10)9-4-11(16)13-12(5-9)25-14(18-23-3)19(13)2/h4-5,10H,6-7H2,1-3H3,(H,17,21). The molecule has 1 N–H and O–H groups in total. The first kappa shape index (κ1) is 16.8. The van der Waals surface area contributed by atoms with Gasteiger partial charge in [0.05, 0.1) is 18.8 Å². The van der Waals surface area contributed by atoms with Gasteiger partial charge in [-0.15, -0.1) is 0 Å². The largest absolute Gasteiger partial charge is 0.442 e. The minimum Gasteiger partial charge on any atom is -0.442 e. The van der Waals surface area contributed by atoms with E-state index in [0.717, 1.165) is 0 Å². The summed E-state index contributed by atoms with van der Waals surface area (Å²) in [5.74, 6) is -0.797. The molecule has 9 nitrogen and oxygen atoms in total. The third-order valence-corrected chi connectivity index (χ3v) is 3.77. The Balaban J connectivity index is 1.93. The molecule has 1 saturated heterocycles. The Hall–Kier alpha value is -3.04. The number of oxazole rings is 1. The zero-order chi connectivity index (χ0) is 18.1. The molecular weight excluding hydrogens is 335 g/mol. The fourth-order valence-electron chi connectivity index (χ4n) is 2.64. The minimum absolute atomic E-state index is 0.0843. The molecule has 1 fully saturated rings. The molecule has 1 aliphatic heterocycles. The Morgan fingerprint density at radius 2 is 2.28 bits per heavy atom. The molecule has 0 spiro atoms. The van der Waals surface area contributed by atoms with Crippen LogP contribution in [0.1, 0.15) is 6.92 Å². The summed E-state index contributed by atoms with van der Waals surface area (Å²) in [6.45, 7) is 1.75. The van der Waals surface area contributed by atoms with E-state index in [1.165, 1.54) is 35.6 Å². The number of cyclic esters (lactones) is 1. The lowest BCUT2D eigenvalue weighted by Crippen LogP contribution is -2.33. The summed E-state index contributed by atoms with van der Waals surface area (Å²) in [4.78, 5) is 28.9. The van der Waals surface area contributed by atoms with Gasteiger partial charge >= 0.3 is 11.8 Å². The number of carbonyl (C=O) groups excluding carboxylic acids is 2. The first-order chi connectivity index (χ1) is 11.9. The van der Waals surface area contributed by atoms with Crippen molar-refractivity contribution in [3.63, 3.8) is 0 Å². The molecule has 2 aromatic rings. The second kappa shape index (κ2) is 6.46. The van der Waals surface area contributed by atoms with E-state index in [1.807, 2.05) is 0 Å². The van der Waals surface area contributed by atoms with Crippen molar-refractivity contribution in [3.05, 3.63) is 23.6 Å². The van der Waals surface area contributed by atoms with Crippen LogP contribution in [0.3, 0.4) is 0 Å². The van der Waals surface area contributed by atoms with E-state index in [9.17, 15) is 14.0 Å². The van der Waals surface area contributed by atoms with Crippen molar-refractivity contribution in [1.29, 1.82) is 0 Å². The number of aryl methyl sites for hydroxylation is 1. The molecule has 1 atom stereocenters. The van der Waals surface area contributed by atoms with Gasteiger partial charge in [0.2, 0.25) is 5.91 Å². The Labute approximate surface area is 141 Å². The zero-order valence-electron chi connectivity index (χ0n) is 13.9. The number of ether oxygens (including phenoxy) is 1. The van der Waals surface area contributed by atoms with Gasteiger partial charge in [-0.25, -0.2) is 9.18 Å². The van der Waals surface area contributed by atoms with E-state index in [2.05, 4.69) is 15.3 Å². The smallest absolute Gasteiger partial charge is 0.414 e. The molecule has 3 rings (SSSR count). The highest BCUT2D eigenvalue weighted by Crippen LogP contribution is 2.27. The number of hydrogen-bond acceptors (Lipinski definition) is 6. The van der Waals surface area contributed by atoms with Crippen molar-refractivity contribution in [2.24, 2.45) is 12.2 Å². The topological polar surface area (TPSA) is 98.3 Å². The van der Waals surface area contributed by atoms with Crippen molar-refractivity contribution in [3.8, 4) is 0 Å². The molecule has 134 valence electrons. The van der Waals surface area contributed by atoms with E-state index in [1.54, 1.807) is 7.05 Å². The van der Waals surface area contributed by atoms with Crippen LogP contribution in [0.4, 0.5) is 14.9 Å². The summed E-state index contributed by atoms with van der Waals surface area (Å²) in [5, 5.41) is 6.24. The van der Waals surface area contributed by atoms with Gasteiger partial charge in [0.1, 0.15) is 18.7 Å². The van der Waals surface area contributed by atoms with Gasteiger partial charge in [-0.3, -0.25) is 14.3 Å². The second-order valence-corrected chi connectivity index (χ2v) is 5.55. The number of aromatic nitrogens is 1. The molecule has 10 heteroatoms. The fraction of sp³-hybridized carbons (Fsp3) is 0.400. The number of anilines is 1. The predicted molar refractivity (Wildman–Crippen MR) is 84.0 cm³/mol. The Kier molecular flexibility index (Phi) is 4.34. The van der Waals surface area contributed by atoms with Crippen LogP contribution in [0.15, 0.2) is 21.7 Å². The number of nitrogens with one attached hydrogen (secondary N) is 1. The highest BCUT2D eigenvalue weighted by atomic mass is 19.1. The van der Waals surface area contributed by atoms with Gasteiger partial charge in [0, 0.05) is 26.1 Å². The summed E-state index contributed by atoms with van der Waals surface area (Å²) in [6.07, 6.45) is -1.13. The third-order valence-electron chi connectivity index (χ3n) is 3.77. The highest BCUT2D eigenvalue weighted by molar-refractivity contribution is 5.92. The monoisotopic (exact) mass is 352 g/mol. The zero-order valence-corrected chi connectivity index (χ0v) is 13.9. The molecule has 1 aromatic heterocycles. The van der Waals surface area contributed by atoms with Crippen LogP contribution in [-0.2, 0) is 21.4 Å². The van der Waals surface area contributed by atoms with Gasteiger partial charge in [-0.2, -0.15) is 0 Å². The molecule has 0 aliphatic carbocycles. The van der Waals surface area contributed by atoms with Crippen molar-refractivity contribution in [1.82, 2.24) is 9.88 Å². The van der Waals surface area contributed by atoms with E-state index < -0.39 is 18.0 Å². The van der Waals surface area contributed by atoms with Crippen LogP contribution in [0.5, 0.6) is 0 Å². The van der Waals surface area contributed by atoms with E-state index in [4.69, 9.17) is 9.15 Å². The lowest BCUT2D eigenvalue weighted by molar-refractivity contribution is -0.119. The molecule has 1 aromatic carbocycles. The van der Waals surface area contributed by atoms with Crippen molar-refractivity contribution >= 4 is 28.8 Å². The Morgan fingerprint density at radius 1 is 1.52 bits per heavy atom. The first-order valence-electron chi connectivity index (χ1n) is 7.49. The highest BCUT2D eigenvalue weighted by Gasteiger charge is 2.33. The van der Waals surface area contributed by atoms with Gasteiger partial charge in [-0.05, 0) is 5.16 Å². The molecule has 1 aliphatic rings. The summed E-state index contributed by atoms with van der Waals surface area (Å²) < 4.78 is 26.5. The first-order valence-corrected chi connectivity index (χ1v) is 7.49.